The van der Waals surface area contributed by atoms with Gasteiger partial charge in [-0.1, -0.05) is 18.7 Å². The number of hydrogen-bond acceptors (Lipinski definition) is 6. The van der Waals surface area contributed by atoms with Crippen molar-refractivity contribution >= 4 is 28.2 Å². The van der Waals surface area contributed by atoms with Crippen molar-refractivity contribution in [3.63, 3.8) is 0 Å². The predicted octanol–water partition coefficient (Wildman–Crippen LogP) is 3.05. The van der Waals surface area contributed by atoms with E-state index in [4.69, 9.17) is 0 Å². The van der Waals surface area contributed by atoms with Crippen LogP contribution in [-0.4, -0.2) is 21.5 Å². The maximum Gasteiger partial charge on any atom is 0.187 e. The zero-order chi connectivity index (χ0) is 11.9. The zero-order valence-electron chi connectivity index (χ0n) is 9.59. The van der Waals surface area contributed by atoms with Gasteiger partial charge in [0, 0.05) is 35.8 Å². The summed E-state index contributed by atoms with van der Waals surface area (Å²) in [5.74, 6) is 0.871. The third kappa shape index (κ3) is 3.98. The first-order valence-corrected chi connectivity index (χ1v) is 7.27. The molecular formula is C11H14N4S2. The monoisotopic (exact) mass is 266 g/mol. The first-order chi connectivity index (χ1) is 8.38. The molecule has 0 aliphatic rings. The molecule has 0 atom stereocenters. The summed E-state index contributed by atoms with van der Waals surface area (Å²) in [6, 6.07) is 1.82. The fourth-order valence-electron chi connectivity index (χ4n) is 1.18. The Hall–Kier alpha value is -1.14. The molecule has 2 aromatic heterocycles. The molecule has 90 valence electrons. The van der Waals surface area contributed by atoms with E-state index in [1.807, 2.05) is 12.3 Å². The van der Waals surface area contributed by atoms with E-state index in [1.54, 1.807) is 35.5 Å². The number of hydrogen-bond donors (Lipinski definition) is 1. The molecule has 6 heteroatoms. The van der Waals surface area contributed by atoms with Gasteiger partial charge in [-0.2, -0.15) is 0 Å². The van der Waals surface area contributed by atoms with Crippen molar-refractivity contribution < 1.29 is 0 Å². The number of thioether (sulfide) groups is 1. The molecule has 0 unspecified atom stereocenters. The van der Waals surface area contributed by atoms with E-state index in [9.17, 15) is 0 Å². The molecule has 0 saturated heterocycles. The van der Waals surface area contributed by atoms with Crippen LogP contribution in [0.5, 0.6) is 0 Å². The van der Waals surface area contributed by atoms with Gasteiger partial charge in [0.25, 0.3) is 0 Å². The highest BCUT2D eigenvalue weighted by molar-refractivity contribution is 7.98. The van der Waals surface area contributed by atoms with Gasteiger partial charge in [-0.05, 0) is 12.5 Å². The minimum atomic E-state index is 0.809. The van der Waals surface area contributed by atoms with E-state index in [-0.39, 0.29) is 0 Å². The second-order valence-electron chi connectivity index (χ2n) is 3.38. The summed E-state index contributed by atoms with van der Waals surface area (Å²) in [5.41, 5.74) is 0. The topological polar surface area (TPSA) is 50.7 Å². The van der Waals surface area contributed by atoms with Crippen molar-refractivity contribution in [3.05, 3.63) is 29.5 Å². The Morgan fingerprint density at radius 3 is 2.88 bits per heavy atom. The number of nitrogens with one attached hydrogen (secondary N) is 1. The Morgan fingerprint density at radius 1 is 1.29 bits per heavy atom. The average molecular weight is 266 g/mol. The van der Waals surface area contributed by atoms with Gasteiger partial charge in [-0.3, -0.25) is 0 Å². The van der Waals surface area contributed by atoms with Gasteiger partial charge in [0.15, 0.2) is 10.3 Å². The first-order valence-electron chi connectivity index (χ1n) is 5.47. The molecule has 2 aromatic rings. The molecule has 2 rings (SSSR count). The average Bonchev–Trinajstić information content (AvgIpc) is 2.83. The van der Waals surface area contributed by atoms with Crippen molar-refractivity contribution in [1.29, 1.82) is 0 Å². The van der Waals surface area contributed by atoms with E-state index in [1.165, 1.54) is 4.88 Å². The maximum atomic E-state index is 4.32. The fraction of sp³-hybridized carbons (Fsp3) is 0.364. The van der Waals surface area contributed by atoms with E-state index in [2.05, 4.69) is 27.2 Å². The zero-order valence-corrected chi connectivity index (χ0v) is 11.2. The van der Waals surface area contributed by atoms with Crippen LogP contribution in [0.2, 0.25) is 0 Å². The normalized spacial score (nSPS) is 10.4. The number of thiazole rings is 1. The second-order valence-corrected chi connectivity index (χ2v) is 5.44. The van der Waals surface area contributed by atoms with Gasteiger partial charge in [0.05, 0.1) is 0 Å². The van der Waals surface area contributed by atoms with Crippen LogP contribution in [0.15, 0.2) is 29.8 Å². The number of rotatable bonds is 6. The number of aromatic nitrogens is 3. The number of anilines is 1. The molecule has 0 spiro atoms. The van der Waals surface area contributed by atoms with Crippen molar-refractivity contribution in [2.75, 3.05) is 11.9 Å². The van der Waals surface area contributed by atoms with E-state index >= 15 is 0 Å². The standard InChI is InChI=1S/C11H14N4S2/c1-2-4-12-11-15-7-9(17-11)8-16-10-13-5-3-6-14-10/h3,5-7H,2,4,8H2,1H3,(H,12,15). The molecule has 1 N–H and O–H groups in total. The highest BCUT2D eigenvalue weighted by Crippen LogP contribution is 2.25. The van der Waals surface area contributed by atoms with Crippen LogP contribution in [0.4, 0.5) is 5.13 Å². The Kier molecular flexibility index (Phi) is 4.75. The molecule has 0 fully saturated rings. The molecule has 0 saturated carbocycles. The third-order valence-corrected chi connectivity index (χ3v) is 4.03. The van der Waals surface area contributed by atoms with Crippen LogP contribution in [-0.2, 0) is 5.75 Å². The van der Waals surface area contributed by atoms with Crippen molar-refractivity contribution in [1.82, 2.24) is 15.0 Å². The molecule has 0 aromatic carbocycles. The van der Waals surface area contributed by atoms with Gasteiger partial charge < -0.3 is 5.32 Å². The molecule has 2 heterocycles. The summed E-state index contributed by atoms with van der Waals surface area (Å²) in [5, 5.41) is 5.09. The SMILES string of the molecule is CCCNc1ncc(CSc2ncccn2)s1. The summed E-state index contributed by atoms with van der Waals surface area (Å²) < 4.78 is 0. The second kappa shape index (κ2) is 6.56. The van der Waals surface area contributed by atoms with Crippen molar-refractivity contribution in [2.24, 2.45) is 0 Å². The maximum absolute atomic E-state index is 4.32. The highest BCUT2D eigenvalue weighted by Gasteiger charge is 2.03. The van der Waals surface area contributed by atoms with Gasteiger partial charge in [-0.15, -0.1) is 11.3 Å². The minimum absolute atomic E-state index is 0.809. The van der Waals surface area contributed by atoms with Crippen LogP contribution >= 0.6 is 23.1 Å². The van der Waals surface area contributed by atoms with Crippen LogP contribution < -0.4 is 5.32 Å². The lowest BCUT2D eigenvalue weighted by Crippen LogP contribution is -1.97. The molecule has 0 radical (unpaired) electrons. The minimum Gasteiger partial charge on any atom is -0.362 e. The van der Waals surface area contributed by atoms with Crippen molar-refractivity contribution in [3.8, 4) is 0 Å². The fourth-order valence-corrected chi connectivity index (χ4v) is 2.85. The molecule has 0 bridgehead atoms. The van der Waals surface area contributed by atoms with Gasteiger partial charge in [-0.25, -0.2) is 15.0 Å². The molecule has 17 heavy (non-hydrogen) atoms. The summed E-state index contributed by atoms with van der Waals surface area (Å²) in [6.45, 7) is 3.12. The van der Waals surface area contributed by atoms with Crippen LogP contribution in [0.3, 0.4) is 0 Å². The molecule has 0 aliphatic heterocycles. The van der Waals surface area contributed by atoms with Crippen LogP contribution in [0.1, 0.15) is 18.2 Å². The molecule has 0 amide bonds. The van der Waals surface area contributed by atoms with Crippen LogP contribution in [0.25, 0.3) is 0 Å². The Bertz CT molecular complexity index is 444. The van der Waals surface area contributed by atoms with Crippen molar-refractivity contribution in [2.45, 2.75) is 24.3 Å². The Labute approximate surface area is 109 Å². The third-order valence-electron chi connectivity index (χ3n) is 1.97. The quantitative estimate of drug-likeness (QED) is 0.643. The summed E-state index contributed by atoms with van der Waals surface area (Å²) in [6.07, 6.45) is 6.55. The van der Waals surface area contributed by atoms with E-state index < -0.39 is 0 Å². The largest absolute Gasteiger partial charge is 0.362 e. The number of nitrogens with zero attached hydrogens (tertiary/aromatic N) is 3. The molecular weight excluding hydrogens is 252 g/mol. The highest BCUT2D eigenvalue weighted by atomic mass is 32.2. The lowest BCUT2D eigenvalue weighted by Gasteiger charge is -1.97. The summed E-state index contributed by atoms with van der Waals surface area (Å²) in [7, 11) is 0. The lowest BCUT2D eigenvalue weighted by molar-refractivity contribution is 0.967. The smallest absolute Gasteiger partial charge is 0.187 e. The molecule has 0 aliphatic carbocycles. The first kappa shape index (κ1) is 12.3. The van der Waals surface area contributed by atoms with Gasteiger partial charge in [0.2, 0.25) is 0 Å². The Balaban J connectivity index is 1.85. The molecule has 4 nitrogen and oxygen atoms in total. The summed E-state index contributed by atoms with van der Waals surface area (Å²) >= 11 is 3.32. The van der Waals surface area contributed by atoms with Gasteiger partial charge >= 0.3 is 0 Å². The predicted molar refractivity (Wildman–Crippen MR) is 72.5 cm³/mol. The summed E-state index contributed by atoms with van der Waals surface area (Å²) in [4.78, 5) is 13.9. The van der Waals surface area contributed by atoms with E-state index in [0.29, 0.717) is 0 Å². The lowest BCUT2D eigenvalue weighted by atomic mass is 10.5. The van der Waals surface area contributed by atoms with E-state index in [0.717, 1.165) is 29.0 Å². The van der Waals surface area contributed by atoms with Gasteiger partial charge in [0.1, 0.15) is 0 Å². The Morgan fingerprint density at radius 2 is 2.12 bits per heavy atom. The van der Waals surface area contributed by atoms with Crippen LogP contribution in [0, 0.1) is 0 Å².